The van der Waals surface area contributed by atoms with Gasteiger partial charge in [-0.25, -0.2) is 4.57 Å². The molecule has 61 heavy (non-hydrogen) atoms. The molecule has 0 heterocycles. The fraction of sp³-hybridized carbons (Fsp3) is 0.960. The lowest BCUT2D eigenvalue weighted by Gasteiger charge is -2.20. The molecule has 10 nitrogen and oxygen atoms in total. The van der Waals surface area contributed by atoms with Gasteiger partial charge >= 0.3 is 19.8 Å². The summed E-state index contributed by atoms with van der Waals surface area (Å²) in [4.78, 5) is 35.2. The molecule has 0 amide bonds. The number of unbranched alkanes of at least 4 members (excludes halogenated alkanes) is 36. The molecule has 0 aliphatic heterocycles. The number of esters is 2. The molecule has 0 rings (SSSR count). The monoisotopic (exact) mass is 891 g/mol. The summed E-state index contributed by atoms with van der Waals surface area (Å²) >= 11 is 0. The van der Waals surface area contributed by atoms with Crippen molar-refractivity contribution >= 4 is 19.8 Å². The van der Waals surface area contributed by atoms with E-state index in [0.29, 0.717) is 12.8 Å². The average molecular weight is 891 g/mol. The van der Waals surface area contributed by atoms with E-state index in [1.165, 1.54) is 199 Å². The van der Waals surface area contributed by atoms with E-state index in [4.69, 9.17) is 23.6 Å². The van der Waals surface area contributed by atoms with Crippen LogP contribution >= 0.6 is 7.82 Å². The first-order valence-electron chi connectivity index (χ1n) is 26.0. The van der Waals surface area contributed by atoms with Crippen molar-refractivity contribution in [3.8, 4) is 0 Å². The molecule has 0 radical (unpaired) electrons. The first-order chi connectivity index (χ1) is 29.7. The summed E-state index contributed by atoms with van der Waals surface area (Å²) in [6.45, 7) is 2.46. The molecule has 0 aliphatic rings. The smallest absolute Gasteiger partial charge is 0.462 e. The van der Waals surface area contributed by atoms with Gasteiger partial charge in [-0.1, -0.05) is 245 Å². The molecule has 0 aromatic carbocycles. The first-order valence-corrected chi connectivity index (χ1v) is 27.5. The van der Waals surface area contributed by atoms with Gasteiger partial charge in [-0.05, 0) is 12.8 Å². The third-order valence-electron chi connectivity index (χ3n) is 11.8. The van der Waals surface area contributed by atoms with Crippen molar-refractivity contribution < 1.29 is 47.8 Å². The van der Waals surface area contributed by atoms with Crippen molar-refractivity contribution in [2.75, 3.05) is 26.4 Å². The van der Waals surface area contributed by atoms with Gasteiger partial charge in [0, 0.05) is 12.8 Å². The highest BCUT2D eigenvalue weighted by molar-refractivity contribution is 7.47. The predicted molar refractivity (Wildman–Crippen MR) is 252 cm³/mol. The van der Waals surface area contributed by atoms with Crippen molar-refractivity contribution in [3.05, 3.63) is 0 Å². The van der Waals surface area contributed by atoms with Crippen molar-refractivity contribution in [3.63, 3.8) is 0 Å². The normalized spacial score (nSPS) is 13.6. The molecule has 1 unspecified atom stereocenters. The second-order valence-electron chi connectivity index (χ2n) is 17.9. The molecule has 0 aliphatic carbocycles. The summed E-state index contributed by atoms with van der Waals surface area (Å²) in [5.74, 6) is -0.902. The van der Waals surface area contributed by atoms with E-state index < -0.39 is 51.8 Å². The average Bonchev–Trinajstić information content (AvgIpc) is 3.25. The van der Waals surface area contributed by atoms with Gasteiger partial charge in [0.25, 0.3) is 0 Å². The molecular formula is C50H99O10P. The molecule has 3 atom stereocenters. The van der Waals surface area contributed by atoms with Crippen LogP contribution in [0.4, 0.5) is 0 Å². The lowest BCUT2D eigenvalue weighted by Crippen LogP contribution is -2.29. The van der Waals surface area contributed by atoms with Crippen LogP contribution in [0, 0.1) is 0 Å². The molecule has 0 spiro atoms. The van der Waals surface area contributed by atoms with Crippen molar-refractivity contribution in [2.45, 2.75) is 283 Å². The minimum Gasteiger partial charge on any atom is -0.462 e. The number of aliphatic hydroxyl groups excluding tert-OH is 2. The zero-order valence-electron chi connectivity index (χ0n) is 39.9. The molecular weight excluding hydrogens is 792 g/mol. The summed E-state index contributed by atoms with van der Waals surface area (Å²) < 4.78 is 32.9. The van der Waals surface area contributed by atoms with Crippen molar-refractivity contribution in [1.82, 2.24) is 0 Å². The van der Waals surface area contributed by atoms with Gasteiger partial charge in [0.2, 0.25) is 0 Å². The molecule has 0 bridgehead atoms. The number of phosphoric ester groups is 1. The fourth-order valence-electron chi connectivity index (χ4n) is 7.76. The second kappa shape index (κ2) is 46.9. The van der Waals surface area contributed by atoms with Crippen LogP contribution in [0.3, 0.4) is 0 Å². The van der Waals surface area contributed by atoms with Crippen LogP contribution in [0.15, 0.2) is 0 Å². The summed E-state index contributed by atoms with van der Waals surface area (Å²) in [5.41, 5.74) is 0. The maximum absolute atomic E-state index is 12.7. The Morgan fingerprint density at radius 1 is 0.426 bits per heavy atom. The number of hydrogen-bond donors (Lipinski definition) is 3. The Morgan fingerprint density at radius 2 is 0.705 bits per heavy atom. The van der Waals surface area contributed by atoms with Gasteiger partial charge < -0.3 is 24.6 Å². The SMILES string of the molecule is CCCCCCCCCCCCCCCCCCCCCCCC(=O)O[C@H](COC(=O)CCCCCCCCCCCCCCCCCCC)COP(=O)(O)OC[C@@H](O)CO. The Balaban J connectivity index is 4.11. The van der Waals surface area contributed by atoms with Gasteiger partial charge in [-0.2, -0.15) is 0 Å². The minimum absolute atomic E-state index is 0.193. The van der Waals surface area contributed by atoms with Crippen LogP contribution < -0.4 is 0 Å². The van der Waals surface area contributed by atoms with E-state index in [0.717, 1.165) is 32.1 Å². The molecule has 0 aromatic heterocycles. The number of phosphoric acid groups is 1. The third kappa shape index (κ3) is 46.8. The van der Waals surface area contributed by atoms with Crippen LogP contribution in [-0.4, -0.2) is 65.7 Å². The zero-order chi connectivity index (χ0) is 44.8. The predicted octanol–water partition coefficient (Wildman–Crippen LogP) is 14.6. The number of aliphatic hydroxyl groups is 2. The Morgan fingerprint density at radius 3 is 1.02 bits per heavy atom. The maximum Gasteiger partial charge on any atom is 0.472 e. The van der Waals surface area contributed by atoms with Gasteiger partial charge in [-0.3, -0.25) is 18.6 Å². The standard InChI is InChI=1S/C50H99O10P/c1-3-5-7-9-11-13-15-17-19-21-22-23-24-26-28-30-32-34-36-38-40-42-50(54)60-48(46-59-61(55,56)58-44-47(52)43-51)45-57-49(53)41-39-37-35-33-31-29-27-25-20-18-16-14-12-10-8-6-4-2/h47-48,51-52H,3-46H2,1-2H3,(H,55,56)/t47-,48+/m0/s1. The number of rotatable bonds is 50. The van der Waals surface area contributed by atoms with Gasteiger partial charge in [-0.15, -0.1) is 0 Å². The largest absolute Gasteiger partial charge is 0.472 e. The zero-order valence-corrected chi connectivity index (χ0v) is 40.8. The molecule has 11 heteroatoms. The van der Waals surface area contributed by atoms with Gasteiger partial charge in [0.1, 0.15) is 12.7 Å². The number of ether oxygens (including phenoxy) is 2. The molecule has 0 aromatic rings. The minimum atomic E-state index is -4.61. The Kier molecular flexibility index (Phi) is 46.2. The highest BCUT2D eigenvalue weighted by atomic mass is 31.2. The van der Waals surface area contributed by atoms with E-state index in [2.05, 4.69) is 13.8 Å². The first kappa shape index (κ1) is 60.0. The molecule has 0 saturated heterocycles. The highest BCUT2D eigenvalue weighted by Gasteiger charge is 2.27. The Hall–Kier alpha value is -1.03. The summed E-state index contributed by atoms with van der Waals surface area (Å²) in [6, 6.07) is 0. The van der Waals surface area contributed by atoms with Crippen molar-refractivity contribution in [2.24, 2.45) is 0 Å². The van der Waals surface area contributed by atoms with E-state index in [1.807, 2.05) is 0 Å². The summed E-state index contributed by atoms with van der Waals surface area (Å²) in [7, 11) is -4.61. The van der Waals surface area contributed by atoms with Crippen LogP contribution in [0.2, 0.25) is 0 Å². The summed E-state index contributed by atoms with van der Waals surface area (Å²) in [5, 5.41) is 18.4. The Bertz CT molecular complexity index is 982. The van der Waals surface area contributed by atoms with Crippen LogP contribution in [0.25, 0.3) is 0 Å². The third-order valence-corrected chi connectivity index (χ3v) is 12.7. The Labute approximate surface area is 375 Å². The summed E-state index contributed by atoms with van der Waals surface area (Å²) in [6.07, 6.45) is 46.4. The topological polar surface area (TPSA) is 149 Å². The molecule has 0 saturated carbocycles. The number of hydrogen-bond acceptors (Lipinski definition) is 9. The highest BCUT2D eigenvalue weighted by Crippen LogP contribution is 2.43. The van der Waals surface area contributed by atoms with E-state index in [1.54, 1.807) is 0 Å². The molecule has 364 valence electrons. The lowest BCUT2D eigenvalue weighted by molar-refractivity contribution is -0.161. The van der Waals surface area contributed by atoms with Crippen LogP contribution in [0.1, 0.15) is 271 Å². The molecule has 3 N–H and O–H groups in total. The van der Waals surface area contributed by atoms with Crippen LogP contribution in [-0.2, 0) is 32.7 Å². The van der Waals surface area contributed by atoms with E-state index in [-0.39, 0.29) is 19.4 Å². The number of carbonyl (C=O) groups excluding carboxylic acids is 2. The van der Waals surface area contributed by atoms with E-state index >= 15 is 0 Å². The van der Waals surface area contributed by atoms with E-state index in [9.17, 15) is 24.2 Å². The maximum atomic E-state index is 12.7. The molecule has 0 fully saturated rings. The van der Waals surface area contributed by atoms with Gasteiger partial charge in [0.05, 0.1) is 19.8 Å². The van der Waals surface area contributed by atoms with Crippen LogP contribution in [0.5, 0.6) is 0 Å². The fourth-order valence-corrected chi connectivity index (χ4v) is 8.55. The van der Waals surface area contributed by atoms with Crippen molar-refractivity contribution in [1.29, 1.82) is 0 Å². The second-order valence-corrected chi connectivity index (χ2v) is 19.4. The quantitative estimate of drug-likeness (QED) is 0.0306. The van der Waals surface area contributed by atoms with Gasteiger partial charge in [0.15, 0.2) is 6.10 Å². The lowest BCUT2D eigenvalue weighted by atomic mass is 10.0. The number of carbonyl (C=O) groups is 2.